The maximum Gasteiger partial charge on any atom is 0.145 e. The monoisotopic (exact) mass is 370 g/mol. The molecular formula is C19H22N4O4. The molecule has 0 aliphatic carbocycles. The molecule has 0 fully saturated rings. The number of aromatic nitrogens is 1. The Morgan fingerprint density at radius 1 is 0.778 bits per heavy atom. The second-order valence-corrected chi connectivity index (χ2v) is 5.35. The molecule has 3 rings (SSSR count). The van der Waals surface area contributed by atoms with Crippen LogP contribution >= 0.6 is 0 Å². The molecule has 0 bridgehead atoms. The van der Waals surface area contributed by atoms with Crippen LogP contribution in [0.2, 0.25) is 0 Å². The highest BCUT2D eigenvalue weighted by Crippen LogP contribution is 2.30. The molecule has 142 valence electrons. The van der Waals surface area contributed by atoms with Crippen molar-refractivity contribution in [2.75, 3.05) is 31.4 Å². The number of pyridine rings is 1. The number of nitrogens with two attached hydrogens (primary N) is 3. The summed E-state index contributed by atoms with van der Waals surface area (Å²) in [4.78, 5) is 3.88. The minimum Gasteiger partial charge on any atom is -0.508 e. The van der Waals surface area contributed by atoms with E-state index in [1.807, 2.05) is 0 Å². The molecule has 0 radical (unpaired) electrons. The lowest BCUT2D eigenvalue weighted by Crippen LogP contribution is -1.94. The van der Waals surface area contributed by atoms with E-state index >= 15 is 0 Å². The predicted octanol–water partition coefficient (Wildman–Crippen LogP) is 3.03. The summed E-state index contributed by atoms with van der Waals surface area (Å²) in [6, 6.07) is 13.1. The van der Waals surface area contributed by atoms with Crippen LogP contribution in [0.5, 0.6) is 28.7 Å². The number of aromatic hydroxyl groups is 1. The molecule has 0 saturated carbocycles. The normalized spacial score (nSPS) is 9.70. The fourth-order valence-corrected chi connectivity index (χ4v) is 2.08. The van der Waals surface area contributed by atoms with E-state index in [1.165, 1.54) is 19.2 Å². The van der Waals surface area contributed by atoms with E-state index in [4.69, 9.17) is 36.5 Å². The zero-order valence-corrected chi connectivity index (χ0v) is 15.0. The van der Waals surface area contributed by atoms with E-state index in [2.05, 4.69) is 4.98 Å². The number of anilines is 3. The SMILES string of the molecule is COc1cc(O)ccc1N.COc1cc(Oc2ccnc(N)c2)ccc1N. The van der Waals surface area contributed by atoms with Gasteiger partial charge in [-0.05, 0) is 30.3 Å². The van der Waals surface area contributed by atoms with Crippen molar-refractivity contribution in [1.82, 2.24) is 4.98 Å². The summed E-state index contributed by atoms with van der Waals surface area (Å²) in [6.45, 7) is 0. The van der Waals surface area contributed by atoms with Gasteiger partial charge in [0.2, 0.25) is 0 Å². The van der Waals surface area contributed by atoms with Crippen molar-refractivity contribution >= 4 is 17.2 Å². The summed E-state index contributed by atoms with van der Waals surface area (Å²) in [6.07, 6.45) is 1.58. The fraction of sp³-hybridized carbons (Fsp3) is 0.105. The molecule has 0 aliphatic heterocycles. The summed E-state index contributed by atoms with van der Waals surface area (Å²) in [7, 11) is 3.06. The Morgan fingerprint density at radius 3 is 1.96 bits per heavy atom. The van der Waals surface area contributed by atoms with Crippen molar-refractivity contribution in [3.05, 3.63) is 54.7 Å². The van der Waals surface area contributed by atoms with Crippen molar-refractivity contribution in [3.8, 4) is 28.7 Å². The van der Waals surface area contributed by atoms with Gasteiger partial charge in [-0.25, -0.2) is 4.98 Å². The average molecular weight is 370 g/mol. The Labute approximate surface area is 157 Å². The number of nitrogens with zero attached hydrogens (tertiary/aromatic N) is 1. The van der Waals surface area contributed by atoms with Gasteiger partial charge in [-0.3, -0.25) is 0 Å². The Hall–Kier alpha value is -3.81. The molecule has 1 heterocycles. The Kier molecular flexibility index (Phi) is 6.54. The largest absolute Gasteiger partial charge is 0.508 e. The van der Waals surface area contributed by atoms with Crippen LogP contribution in [0.15, 0.2) is 54.7 Å². The number of hydrogen-bond donors (Lipinski definition) is 4. The highest BCUT2D eigenvalue weighted by Gasteiger charge is 2.03. The van der Waals surface area contributed by atoms with Crippen LogP contribution in [0, 0.1) is 0 Å². The lowest BCUT2D eigenvalue weighted by atomic mass is 10.3. The molecular weight excluding hydrogens is 348 g/mol. The zero-order chi connectivity index (χ0) is 19.8. The molecule has 1 aromatic heterocycles. The first-order chi connectivity index (χ1) is 12.9. The molecule has 0 saturated heterocycles. The molecule has 0 unspecified atom stereocenters. The molecule has 3 aromatic rings. The second kappa shape index (κ2) is 9.04. The van der Waals surface area contributed by atoms with E-state index in [9.17, 15) is 0 Å². The van der Waals surface area contributed by atoms with Crippen LogP contribution < -0.4 is 31.4 Å². The Morgan fingerprint density at radius 2 is 1.37 bits per heavy atom. The summed E-state index contributed by atoms with van der Waals surface area (Å²) in [5.74, 6) is 2.88. The van der Waals surface area contributed by atoms with E-state index in [-0.39, 0.29) is 5.75 Å². The first kappa shape index (κ1) is 19.5. The number of nitrogen functional groups attached to an aromatic ring is 3. The van der Waals surface area contributed by atoms with Gasteiger partial charge in [0.1, 0.15) is 34.6 Å². The quantitative estimate of drug-likeness (QED) is 0.406. The fourth-order valence-electron chi connectivity index (χ4n) is 2.08. The summed E-state index contributed by atoms with van der Waals surface area (Å²) in [5.41, 5.74) is 17.8. The number of phenolic OH excluding ortho intramolecular Hbond substituents is 1. The molecule has 0 amide bonds. The predicted molar refractivity (Wildman–Crippen MR) is 105 cm³/mol. The molecule has 2 aromatic carbocycles. The van der Waals surface area contributed by atoms with Crippen LogP contribution in [0.3, 0.4) is 0 Å². The van der Waals surface area contributed by atoms with Gasteiger partial charge in [-0.2, -0.15) is 0 Å². The lowest BCUT2D eigenvalue weighted by molar-refractivity contribution is 0.410. The number of rotatable bonds is 4. The number of hydrogen-bond acceptors (Lipinski definition) is 8. The van der Waals surface area contributed by atoms with Gasteiger partial charge in [0.15, 0.2) is 0 Å². The van der Waals surface area contributed by atoms with Gasteiger partial charge >= 0.3 is 0 Å². The maximum absolute atomic E-state index is 8.93. The summed E-state index contributed by atoms with van der Waals surface area (Å²) < 4.78 is 15.5. The van der Waals surface area contributed by atoms with Gasteiger partial charge in [-0.15, -0.1) is 0 Å². The van der Waals surface area contributed by atoms with Gasteiger partial charge in [0, 0.05) is 24.4 Å². The molecule has 0 aliphatic rings. The first-order valence-electron chi connectivity index (χ1n) is 7.88. The van der Waals surface area contributed by atoms with E-state index in [0.29, 0.717) is 40.2 Å². The van der Waals surface area contributed by atoms with Gasteiger partial charge in [-0.1, -0.05) is 0 Å². The van der Waals surface area contributed by atoms with E-state index in [1.54, 1.807) is 49.7 Å². The van der Waals surface area contributed by atoms with Gasteiger partial charge < -0.3 is 36.5 Å². The number of ether oxygens (including phenoxy) is 3. The third kappa shape index (κ3) is 5.60. The highest BCUT2D eigenvalue weighted by molar-refractivity contribution is 5.56. The molecule has 8 heteroatoms. The third-order valence-corrected chi connectivity index (χ3v) is 3.41. The standard InChI is InChI=1S/C12H13N3O2.C7H9NO2/c1-16-11-6-8(2-3-10(11)13)17-9-4-5-15-12(14)7-9;1-10-7-4-5(9)2-3-6(7)8/h2-7H,13H2,1H3,(H2,14,15);2-4,9H,8H2,1H3. The molecule has 0 spiro atoms. The van der Waals surface area contributed by atoms with E-state index in [0.717, 1.165) is 0 Å². The van der Waals surface area contributed by atoms with Crippen molar-refractivity contribution in [2.24, 2.45) is 0 Å². The van der Waals surface area contributed by atoms with Crippen molar-refractivity contribution in [2.45, 2.75) is 0 Å². The molecule has 8 nitrogen and oxygen atoms in total. The Bertz CT molecular complexity index is 903. The Balaban J connectivity index is 0.000000223. The summed E-state index contributed by atoms with van der Waals surface area (Å²) in [5, 5.41) is 8.93. The maximum atomic E-state index is 8.93. The minimum absolute atomic E-state index is 0.158. The van der Waals surface area contributed by atoms with Crippen molar-refractivity contribution < 1.29 is 19.3 Å². The third-order valence-electron chi connectivity index (χ3n) is 3.41. The molecule has 7 N–H and O–H groups in total. The summed E-state index contributed by atoms with van der Waals surface area (Å²) >= 11 is 0. The van der Waals surface area contributed by atoms with Crippen LogP contribution in [0.1, 0.15) is 0 Å². The van der Waals surface area contributed by atoms with Crippen LogP contribution in [0.25, 0.3) is 0 Å². The number of methoxy groups -OCH3 is 2. The topological polar surface area (TPSA) is 139 Å². The van der Waals surface area contributed by atoms with Crippen LogP contribution in [-0.2, 0) is 0 Å². The van der Waals surface area contributed by atoms with Gasteiger partial charge in [0.25, 0.3) is 0 Å². The minimum atomic E-state index is 0.158. The van der Waals surface area contributed by atoms with Crippen LogP contribution in [-0.4, -0.2) is 24.3 Å². The van der Waals surface area contributed by atoms with Crippen LogP contribution in [0.4, 0.5) is 17.2 Å². The highest BCUT2D eigenvalue weighted by atomic mass is 16.5. The second-order valence-electron chi connectivity index (χ2n) is 5.35. The van der Waals surface area contributed by atoms with E-state index < -0.39 is 0 Å². The molecule has 0 atom stereocenters. The molecule has 27 heavy (non-hydrogen) atoms. The van der Waals surface area contributed by atoms with Gasteiger partial charge in [0.05, 0.1) is 25.6 Å². The smallest absolute Gasteiger partial charge is 0.145 e. The first-order valence-corrected chi connectivity index (χ1v) is 7.88. The zero-order valence-electron chi connectivity index (χ0n) is 15.0. The number of benzene rings is 2. The number of phenols is 1. The average Bonchev–Trinajstić information content (AvgIpc) is 2.66. The lowest BCUT2D eigenvalue weighted by Gasteiger charge is -2.09. The van der Waals surface area contributed by atoms with Crippen molar-refractivity contribution in [1.29, 1.82) is 0 Å². The van der Waals surface area contributed by atoms with Crippen molar-refractivity contribution in [3.63, 3.8) is 0 Å².